The average molecular weight is 373 g/mol. The molecule has 6 nitrogen and oxygen atoms in total. The second kappa shape index (κ2) is 6.02. The van der Waals surface area contributed by atoms with Crippen LogP contribution in [0.15, 0.2) is 30.6 Å². The molecule has 0 radical (unpaired) electrons. The molecule has 0 saturated heterocycles. The van der Waals surface area contributed by atoms with E-state index in [1.165, 1.54) is 17.5 Å². The Morgan fingerprint density at radius 3 is 2.70 bits per heavy atom. The van der Waals surface area contributed by atoms with Crippen LogP contribution in [0.4, 0.5) is 11.6 Å². The van der Waals surface area contributed by atoms with E-state index < -0.39 is 0 Å². The van der Waals surface area contributed by atoms with E-state index in [0.717, 1.165) is 16.6 Å². The predicted molar refractivity (Wildman–Crippen MR) is 95.8 cm³/mol. The summed E-state index contributed by atoms with van der Waals surface area (Å²) in [4.78, 5) is 8.70. The van der Waals surface area contributed by atoms with Gasteiger partial charge in [-0.25, -0.2) is 0 Å². The second-order valence-electron chi connectivity index (χ2n) is 5.31. The van der Waals surface area contributed by atoms with Crippen molar-refractivity contribution in [3.05, 3.63) is 47.3 Å². The molecule has 118 valence electrons. The standard InChI is InChI=1S/C16H18N6Se/c1-9-5-3-4-6-10(9)7-22-13(17)11(14(18)23)12-15(19-2)20-8-21-16(12)22/h3-6,8H,7,17H2,1-2H3,(H2,18,23)(H,19,20,21). The molecule has 0 aliphatic carbocycles. The van der Waals surface area contributed by atoms with Crippen LogP contribution in [0.3, 0.4) is 0 Å². The number of hydrogen-bond donors (Lipinski definition) is 3. The Morgan fingerprint density at radius 2 is 2.04 bits per heavy atom. The van der Waals surface area contributed by atoms with Crippen LogP contribution in [0, 0.1) is 6.92 Å². The van der Waals surface area contributed by atoms with Crippen LogP contribution < -0.4 is 16.8 Å². The van der Waals surface area contributed by atoms with Crippen molar-refractivity contribution < 1.29 is 0 Å². The van der Waals surface area contributed by atoms with Crippen LogP contribution in [-0.4, -0.2) is 41.7 Å². The molecule has 0 aliphatic rings. The van der Waals surface area contributed by atoms with Gasteiger partial charge in [-0.15, -0.1) is 0 Å². The number of aromatic nitrogens is 3. The van der Waals surface area contributed by atoms with Crippen LogP contribution in [-0.2, 0) is 6.54 Å². The van der Waals surface area contributed by atoms with Gasteiger partial charge in [0.05, 0.1) is 0 Å². The van der Waals surface area contributed by atoms with Gasteiger partial charge in [-0.2, -0.15) is 0 Å². The van der Waals surface area contributed by atoms with Gasteiger partial charge in [-0.1, -0.05) is 0 Å². The molecule has 7 heteroatoms. The van der Waals surface area contributed by atoms with E-state index in [9.17, 15) is 0 Å². The van der Waals surface area contributed by atoms with Crippen LogP contribution >= 0.6 is 0 Å². The second-order valence-corrected chi connectivity index (χ2v) is 6.23. The number of nitrogens with one attached hydrogen (secondary N) is 1. The SMILES string of the molecule is CNc1ncnc2c1c(C(N)=[Se])c(N)n2Cc1ccccc1C. The molecule has 5 N–H and O–H groups in total. The zero-order valence-electron chi connectivity index (χ0n) is 13.0. The Labute approximate surface area is 142 Å². The topological polar surface area (TPSA) is 94.8 Å². The number of anilines is 2. The normalized spacial score (nSPS) is 10.9. The Bertz CT molecular complexity index is 899. The Hall–Kier alpha value is -2.37. The maximum atomic E-state index is 6.39. The summed E-state index contributed by atoms with van der Waals surface area (Å²) in [6.45, 7) is 2.71. The first-order valence-corrected chi connectivity index (χ1v) is 8.05. The van der Waals surface area contributed by atoms with Crippen molar-refractivity contribution in [2.75, 3.05) is 18.1 Å². The first kappa shape index (κ1) is 15.5. The van der Waals surface area contributed by atoms with Crippen molar-refractivity contribution >= 4 is 42.8 Å². The van der Waals surface area contributed by atoms with Crippen LogP contribution in [0.2, 0.25) is 0 Å². The molecule has 2 aromatic heterocycles. The molecule has 3 rings (SSSR count). The average Bonchev–Trinajstić information content (AvgIpc) is 2.82. The van der Waals surface area contributed by atoms with E-state index in [-0.39, 0.29) is 0 Å². The fraction of sp³-hybridized carbons (Fsp3) is 0.188. The van der Waals surface area contributed by atoms with Gasteiger partial charge in [-0.3, -0.25) is 0 Å². The van der Waals surface area contributed by atoms with E-state index in [1.807, 2.05) is 23.7 Å². The molecular weight excluding hydrogens is 355 g/mol. The first-order chi connectivity index (χ1) is 11.0. The van der Waals surface area contributed by atoms with Crippen molar-refractivity contribution in [2.24, 2.45) is 5.73 Å². The number of nitrogens with two attached hydrogens (primary N) is 2. The predicted octanol–water partition coefficient (Wildman–Crippen LogP) is 1.02. The van der Waals surface area contributed by atoms with Gasteiger partial charge in [-0.05, 0) is 0 Å². The van der Waals surface area contributed by atoms with Gasteiger partial charge in [0.1, 0.15) is 0 Å². The Morgan fingerprint density at radius 1 is 1.30 bits per heavy atom. The number of nitrogen functional groups attached to an aromatic ring is 1. The molecule has 0 unspecified atom stereocenters. The zero-order chi connectivity index (χ0) is 16.6. The van der Waals surface area contributed by atoms with E-state index in [2.05, 4.69) is 49.9 Å². The molecule has 0 aliphatic heterocycles. The Kier molecular flexibility index (Phi) is 4.07. The number of aryl methyl sites for hydroxylation is 1. The first-order valence-electron chi connectivity index (χ1n) is 7.19. The Balaban J connectivity index is 2.27. The quantitative estimate of drug-likeness (QED) is 0.594. The number of nitrogens with zero attached hydrogens (tertiary/aromatic N) is 3. The summed E-state index contributed by atoms with van der Waals surface area (Å²) in [5.41, 5.74) is 16.3. The summed E-state index contributed by atoms with van der Waals surface area (Å²) in [6, 6.07) is 8.22. The monoisotopic (exact) mass is 374 g/mol. The summed E-state index contributed by atoms with van der Waals surface area (Å²) in [7, 11) is 1.82. The molecule has 0 amide bonds. The fourth-order valence-electron chi connectivity index (χ4n) is 2.75. The summed E-state index contributed by atoms with van der Waals surface area (Å²) in [5, 5.41) is 3.91. The van der Waals surface area contributed by atoms with Gasteiger partial charge in [0.2, 0.25) is 0 Å². The molecule has 0 atom stereocenters. The number of hydrogen-bond acceptors (Lipinski definition) is 5. The third-order valence-corrected chi connectivity index (χ3v) is 4.38. The third-order valence-electron chi connectivity index (χ3n) is 3.95. The van der Waals surface area contributed by atoms with Crippen molar-refractivity contribution in [1.29, 1.82) is 0 Å². The van der Waals surface area contributed by atoms with E-state index in [0.29, 0.717) is 22.7 Å². The number of rotatable bonds is 4. The van der Waals surface area contributed by atoms with Gasteiger partial charge < -0.3 is 0 Å². The van der Waals surface area contributed by atoms with Crippen LogP contribution in [0.1, 0.15) is 16.7 Å². The summed E-state index contributed by atoms with van der Waals surface area (Å²) in [6.07, 6.45) is 1.53. The van der Waals surface area contributed by atoms with Crippen molar-refractivity contribution in [2.45, 2.75) is 13.5 Å². The van der Waals surface area contributed by atoms with E-state index in [1.54, 1.807) is 0 Å². The number of benzene rings is 1. The molecule has 0 fully saturated rings. The summed E-state index contributed by atoms with van der Waals surface area (Å²) < 4.78 is 2.50. The van der Waals surface area contributed by atoms with Gasteiger partial charge in [0, 0.05) is 0 Å². The van der Waals surface area contributed by atoms with E-state index >= 15 is 0 Å². The summed E-state index contributed by atoms with van der Waals surface area (Å²) >= 11 is 2.85. The molecular formula is C16H18N6Se. The van der Waals surface area contributed by atoms with Gasteiger partial charge >= 0.3 is 142 Å². The van der Waals surface area contributed by atoms with Crippen molar-refractivity contribution in [1.82, 2.24) is 14.5 Å². The number of fused-ring (bicyclic) bond motifs is 1. The van der Waals surface area contributed by atoms with Gasteiger partial charge in [0.15, 0.2) is 0 Å². The van der Waals surface area contributed by atoms with Crippen LogP contribution in [0.5, 0.6) is 0 Å². The molecule has 1 aromatic carbocycles. The molecule has 0 spiro atoms. The zero-order valence-corrected chi connectivity index (χ0v) is 14.7. The molecule has 3 aromatic rings. The molecule has 23 heavy (non-hydrogen) atoms. The molecule has 0 saturated carbocycles. The van der Waals surface area contributed by atoms with Crippen molar-refractivity contribution in [3.8, 4) is 0 Å². The minimum atomic E-state index is 0.530. The maximum absolute atomic E-state index is 6.39. The summed E-state index contributed by atoms with van der Waals surface area (Å²) in [5.74, 6) is 1.29. The van der Waals surface area contributed by atoms with Crippen molar-refractivity contribution in [3.63, 3.8) is 0 Å². The third kappa shape index (κ3) is 2.58. The van der Waals surface area contributed by atoms with Gasteiger partial charge in [0.25, 0.3) is 0 Å². The molecule has 2 heterocycles. The van der Waals surface area contributed by atoms with E-state index in [4.69, 9.17) is 11.5 Å². The minimum absolute atomic E-state index is 0.530. The molecule has 0 bridgehead atoms. The van der Waals surface area contributed by atoms with Crippen LogP contribution in [0.25, 0.3) is 11.0 Å². The fourth-order valence-corrected chi connectivity index (χ4v) is 3.18.